The van der Waals surface area contributed by atoms with Crippen LogP contribution < -0.4 is 9.47 Å². The molecule has 0 N–H and O–H groups in total. The van der Waals surface area contributed by atoms with Gasteiger partial charge in [0.25, 0.3) is 0 Å². The molecule has 0 bridgehead atoms. The zero-order valence-corrected chi connectivity index (χ0v) is 17.2. The van der Waals surface area contributed by atoms with Crippen LogP contribution in [0.25, 0.3) is 0 Å². The standard InChI is InChI=1S/C19H22N2O5S2/c1-3-8-21(28(2,23)24)13-19(22)20(12-16-5-4-9-27-16)11-15-6-7-17-18(10-15)26-14-25-17/h3-7,9-10H,1,8,11-14H2,2H3. The molecule has 1 aromatic carbocycles. The first kappa shape index (κ1) is 20.4. The van der Waals surface area contributed by atoms with E-state index >= 15 is 0 Å². The number of rotatable bonds is 9. The molecule has 2 aromatic rings. The van der Waals surface area contributed by atoms with Crippen molar-refractivity contribution in [2.75, 3.05) is 26.1 Å². The van der Waals surface area contributed by atoms with Crippen molar-refractivity contribution in [1.82, 2.24) is 9.21 Å². The van der Waals surface area contributed by atoms with Gasteiger partial charge >= 0.3 is 0 Å². The van der Waals surface area contributed by atoms with Crippen molar-refractivity contribution in [3.63, 3.8) is 0 Å². The molecule has 28 heavy (non-hydrogen) atoms. The molecule has 0 saturated heterocycles. The van der Waals surface area contributed by atoms with Gasteiger partial charge in [-0.2, -0.15) is 4.31 Å². The van der Waals surface area contributed by atoms with Crippen LogP contribution in [0, 0.1) is 0 Å². The molecule has 0 saturated carbocycles. The van der Waals surface area contributed by atoms with Gasteiger partial charge in [0, 0.05) is 18.0 Å². The number of sulfonamides is 1. The minimum Gasteiger partial charge on any atom is -0.454 e. The average molecular weight is 423 g/mol. The summed E-state index contributed by atoms with van der Waals surface area (Å²) in [6.07, 6.45) is 2.56. The largest absolute Gasteiger partial charge is 0.454 e. The molecule has 0 fully saturated rings. The first-order valence-electron chi connectivity index (χ1n) is 8.61. The summed E-state index contributed by atoms with van der Waals surface area (Å²) in [6, 6.07) is 9.40. The summed E-state index contributed by atoms with van der Waals surface area (Å²) in [6.45, 7) is 4.34. The van der Waals surface area contributed by atoms with E-state index in [-0.39, 0.29) is 25.8 Å². The van der Waals surface area contributed by atoms with E-state index in [1.54, 1.807) is 16.2 Å². The zero-order valence-electron chi connectivity index (χ0n) is 15.5. The van der Waals surface area contributed by atoms with Crippen LogP contribution in [0.2, 0.25) is 0 Å². The fourth-order valence-corrected chi connectivity index (χ4v) is 4.24. The Hall–Kier alpha value is -2.36. The van der Waals surface area contributed by atoms with Crippen LogP contribution in [0.1, 0.15) is 10.4 Å². The number of thiophene rings is 1. The number of carbonyl (C=O) groups is 1. The molecular formula is C19H22N2O5S2. The van der Waals surface area contributed by atoms with E-state index in [1.807, 2.05) is 35.7 Å². The van der Waals surface area contributed by atoms with E-state index in [9.17, 15) is 13.2 Å². The summed E-state index contributed by atoms with van der Waals surface area (Å²) in [5.41, 5.74) is 0.879. The monoisotopic (exact) mass is 422 g/mol. The van der Waals surface area contributed by atoms with Gasteiger partial charge in [0.1, 0.15) is 0 Å². The lowest BCUT2D eigenvalue weighted by molar-refractivity contribution is -0.132. The molecule has 1 aliphatic heterocycles. The number of fused-ring (bicyclic) bond motifs is 1. The van der Waals surface area contributed by atoms with Gasteiger partial charge in [-0.25, -0.2) is 8.42 Å². The van der Waals surface area contributed by atoms with Gasteiger partial charge in [0.2, 0.25) is 22.7 Å². The molecule has 1 amide bonds. The molecule has 0 unspecified atom stereocenters. The molecule has 0 atom stereocenters. The second-order valence-electron chi connectivity index (χ2n) is 6.36. The fourth-order valence-electron chi connectivity index (χ4n) is 2.79. The van der Waals surface area contributed by atoms with Gasteiger partial charge in [0.05, 0.1) is 19.3 Å². The zero-order chi connectivity index (χ0) is 20.1. The molecule has 9 heteroatoms. The smallest absolute Gasteiger partial charge is 0.238 e. The third-order valence-electron chi connectivity index (χ3n) is 4.20. The van der Waals surface area contributed by atoms with Crippen molar-refractivity contribution in [1.29, 1.82) is 0 Å². The summed E-state index contributed by atoms with van der Waals surface area (Å²) >= 11 is 1.55. The summed E-state index contributed by atoms with van der Waals surface area (Å²) in [4.78, 5) is 15.6. The molecule has 0 radical (unpaired) electrons. The van der Waals surface area contributed by atoms with Crippen LogP contribution in [0.3, 0.4) is 0 Å². The molecule has 0 spiro atoms. The second-order valence-corrected chi connectivity index (χ2v) is 9.38. The Balaban J connectivity index is 1.79. The van der Waals surface area contributed by atoms with E-state index in [0.717, 1.165) is 21.0 Å². The topological polar surface area (TPSA) is 76.2 Å². The molecular weight excluding hydrogens is 400 g/mol. The first-order valence-corrected chi connectivity index (χ1v) is 11.3. The van der Waals surface area contributed by atoms with E-state index in [0.29, 0.717) is 24.6 Å². The highest BCUT2D eigenvalue weighted by Gasteiger charge is 2.24. The highest BCUT2D eigenvalue weighted by Crippen LogP contribution is 2.33. The Bertz CT molecular complexity index is 941. The quantitative estimate of drug-likeness (QED) is 0.580. The third kappa shape index (κ3) is 5.12. The second kappa shape index (κ2) is 8.76. The summed E-state index contributed by atoms with van der Waals surface area (Å²) < 4.78 is 35.8. The lowest BCUT2D eigenvalue weighted by Gasteiger charge is -2.26. The SMILES string of the molecule is C=CCN(CC(=O)N(Cc1ccc2c(c1)OCO2)Cc1cccs1)S(C)(=O)=O. The minimum absolute atomic E-state index is 0.0848. The number of ether oxygens (including phenoxy) is 2. The maximum atomic E-state index is 13.0. The van der Waals surface area contributed by atoms with Crippen molar-refractivity contribution >= 4 is 27.3 Å². The Morgan fingerprint density at radius 1 is 1.25 bits per heavy atom. The van der Waals surface area contributed by atoms with E-state index in [1.165, 1.54) is 6.08 Å². The molecule has 3 rings (SSSR count). The molecule has 7 nitrogen and oxygen atoms in total. The highest BCUT2D eigenvalue weighted by atomic mass is 32.2. The lowest BCUT2D eigenvalue weighted by Crippen LogP contribution is -2.42. The number of amides is 1. The van der Waals surface area contributed by atoms with Gasteiger partial charge in [-0.15, -0.1) is 17.9 Å². The highest BCUT2D eigenvalue weighted by molar-refractivity contribution is 7.88. The Kier molecular flexibility index (Phi) is 6.38. The molecule has 0 aliphatic carbocycles. The normalized spacial score (nSPS) is 12.9. The molecule has 2 heterocycles. The average Bonchev–Trinajstić information content (AvgIpc) is 3.31. The summed E-state index contributed by atoms with van der Waals surface area (Å²) in [5, 5.41) is 1.94. The maximum Gasteiger partial charge on any atom is 0.238 e. The van der Waals surface area contributed by atoms with Crippen molar-refractivity contribution in [3.8, 4) is 11.5 Å². The Morgan fingerprint density at radius 3 is 2.71 bits per heavy atom. The number of hydrogen-bond acceptors (Lipinski definition) is 6. The number of hydrogen-bond donors (Lipinski definition) is 0. The van der Waals surface area contributed by atoms with Crippen LogP contribution in [0.15, 0.2) is 48.4 Å². The number of nitrogens with zero attached hydrogens (tertiary/aromatic N) is 2. The van der Waals surface area contributed by atoms with E-state index < -0.39 is 10.0 Å². The third-order valence-corrected chi connectivity index (χ3v) is 6.28. The Labute approximate surface area is 168 Å². The van der Waals surface area contributed by atoms with Gasteiger partial charge in [-0.05, 0) is 29.1 Å². The van der Waals surface area contributed by atoms with Gasteiger partial charge in [-0.3, -0.25) is 4.79 Å². The van der Waals surface area contributed by atoms with Crippen LogP contribution in [-0.2, 0) is 27.9 Å². The molecule has 1 aliphatic rings. The van der Waals surface area contributed by atoms with Gasteiger partial charge < -0.3 is 14.4 Å². The number of benzene rings is 1. The predicted octanol–water partition coefficient (Wildman–Crippen LogP) is 2.45. The van der Waals surface area contributed by atoms with E-state index in [4.69, 9.17) is 9.47 Å². The predicted molar refractivity (Wildman–Crippen MR) is 108 cm³/mol. The van der Waals surface area contributed by atoms with Crippen molar-refractivity contribution < 1.29 is 22.7 Å². The van der Waals surface area contributed by atoms with Crippen LogP contribution >= 0.6 is 11.3 Å². The van der Waals surface area contributed by atoms with Crippen molar-refractivity contribution in [2.24, 2.45) is 0 Å². The lowest BCUT2D eigenvalue weighted by atomic mass is 10.2. The van der Waals surface area contributed by atoms with Crippen LogP contribution in [0.5, 0.6) is 11.5 Å². The van der Waals surface area contributed by atoms with Gasteiger partial charge in [0.15, 0.2) is 11.5 Å². The fraction of sp³-hybridized carbons (Fsp3) is 0.316. The van der Waals surface area contributed by atoms with Gasteiger partial charge in [-0.1, -0.05) is 18.2 Å². The molecule has 1 aromatic heterocycles. The van der Waals surface area contributed by atoms with E-state index in [2.05, 4.69) is 6.58 Å². The maximum absolute atomic E-state index is 13.0. The van der Waals surface area contributed by atoms with Crippen LogP contribution in [-0.4, -0.2) is 49.7 Å². The summed E-state index contributed by atoms with van der Waals surface area (Å²) in [5.74, 6) is 1.04. The molecule has 150 valence electrons. The Morgan fingerprint density at radius 2 is 2.04 bits per heavy atom. The summed E-state index contributed by atoms with van der Waals surface area (Å²) in [7, 11) is -3.52. The number of carbonyl (C=O) groups excluding carboxylic acids is 1. The first-order chi connectivity index (χ1) is 13.4. The van der Waals surface area contributed by atoms with Crippen molar-refractivity contribution in [2.45, 2.75) is 13.1 Å². The van der Waals surface area contributed by atoms with Crippen molar-refractivity contribution in [3.05, 3.63) is 58.8 Å². The van der Waals surface area contributed by atoms with Crippen LogP contribution in [0.4, 0.5) is 0 Å². The minimum atomic E-state index is -3.52.